The van der Waals surface area contributed by atoms with Crippen molar-refractivity contribution in [3.63, 3.8) is 0 Å². The molecule has 0 aromatic rings. The number of carbonyl (C=O) groups excluding carboxylic acids is 1. The molecule has 0 saturated heterocycles. The van der Waals surface area contributed by atoms with Crippen molar-refractivity contribution < 1.29 is 4.79 Å². The fraction of sp³-hybridized carbons (Fsp3) is 0.250. The number of hydrogen-bond acceptors (Lipinski definition) is 2. The molecule has 0 radical (unpaired) electrons. The van der Waals surface area contributed by atoms with E-state index in [1.807, 2.05) is 5.82 Å². The summed E-state index contributed by atoms with van der Waals surface area (Å²) in [7, 11) is 0. The maximum absolute atomic E-state index is 10.3. The molecule has 8 heavy (non-hydrogen) atoms. The van der Waals surface area contributed by atoms with Crippen LogP contribution in [0.2, 0.25) is 5.82 Å². The van der Waals surface area contributed by atoms with Gasteiger partial charge in [0.2, 0.25) is 0 Å². The number of hydrogen-bond donors (Lipinski definition) is 0. The molecule has 1 amide bonds. The Balaban J connectivity index is 2.72. The van der Waals surface area contributed by atoms with Gasteiger partial charge in [-0.1, -0.05) is 0 Å². The summed E-state index contributed by atoms with van der Waals surface area (Å²) in [6, 6.07) is 0. The van der Waals surface area contributed by atoms with Crippen LogP contribution in [0.5, 0.6) is 0 Å². The number of rotatable bonds is 1. The molecule has 4 heteroatoms. The molecule has 0 bridgehead atoms. The van der Waals surface area contributed by atoms with Crippen LogP contribution in [0.3, 0.4) is 0 Å². The zero-order chi connectivity index (χ0) is 5.98. The first-order valence-electron chi connectivity index (χ1n) is 2.03. The molecule has 0 aromatic heterocycles. The monoisotopic (exact) mass is 176 g/mol. The van der Waals surface area contributed by atoms with E-state index in [9.17, 15) is 4.79 Å². The number of carbonyl (C=O) groups is 1. The van der Waals surface area contributed by atoms with Crippen molar-refractivity contribution in [3.05, 3.63) is 0 Å². The van der Waals surface area contributed by atoms with Crippen LogP contribution in [-0.2, 0) is 4.79 Å². The van der Waals surface area contributed by atoms with Crippen molar-refractivity contribution in [1.82, 2.24) is 0 Å². The van der Waals surface area contributed by atoms with Crippen LogP contribution in [0.25, 0.3) is 0 Å². The third-order valence-corrected chi connectivity index (χ3v) is 1.85. The van der Waals surface area contributed by atoms with E-state index in [2.05, 4.69) is 9.98 Å². The van der Waals surface area contributed by atoms with E-state index in [4.69, 9.17) is 0 Å². The molecule has 0 aliphatic carbocycles. The fourth-order valence-corrected chi connectivity index (χ4v) is 1.07. The summed E-state index contributed by atoms with van der Waals surface area (Å²) in [4.78, 5) is 17.6. The summed E-state index contributed by atoms with van der Waals surface area (Å²) < 4.78 is 0.697. The third-order valence-electron chi connectivity index (χ3n) is 0.674. The van der Waals surface area contributed by atoms with Gasteiger partial charge in [-0.2, -0.15) is 0 Å². The van der Waals surface area contributed by atoms with E-state index < -0.39 is 0 Å². The first kappa shape index (κ1) is 5.66. The third kappa shape index (κ3) is 1.02. The van der Waals surface area contributed by atoms with Crippen LogP contribution in [0.4, 0.5) is 0 Å². The van der Waals surface area contributed by atoms with Gasteiger partial charge in [-0.05, 0) is 0 Å². The van der Waals surface area contributed by atoms with Gasteiger partial charge in [-0.25, -0.2) is 0 Å². The Bertz CT molecular complexity index is 173. The van der Waals surface area contributed by atoms with E-state index in [1.165, 1.54) is 6.21 Å². The number of aliphatic imine (C=N–C) groups is 2. The molecule has 1 aliphatic heterocycles. The maximum atomic E-state index is 10.3. The molecule has 0 fully saturated rings. The average Bonchev–Trinajstić information content (AvgIpc) is 2.14. The number of amides is 1. The normalized spacial score (nSPS) is 17.1. The van der Waals surface area contributed by atoms with Crippen molar-refractivity contribution in [1.29, 1.82) is 0 Å². The van der Waals surface area contributed by atoms with Crippen molar-refractivity contribution in [3.8, 4) is 0 Å². The molecule has 1 rings (SSSR count). The van der Waals surface area contributed by atoms with E-state index in [1.54, 1.807) is 0 Å². The summed E-state index contributed by atoms with van der Waals surface area (Å²) in [6.07, 6.45) is 1.25. The standard InChI is InChI=1S/C4H4N2OSe/c1-8-4-5-2-3(7)6-4/h2H,1H3. The summed E-state index contributed by atoms with van der Waals surface area (Å²) in [5, 5.41) is 0. The number of nitrogens with zero attached hydrogens (tertiary/aromatic N) is 2. The van der Waals surface area contributed by atoms with Crippen molar-refractivity contribution in [2.24, 2.45) is 9.98 Å². The molecule has 3 nitrogen and oxygen atoms in total. The molecule has 0 atom stereocenters. The van der Waals surface area contributed by atoms with Crippen LogP contribution in [0, 0.1) is 0 Å². The van der Waals surface area contributed by atoms with E-state index in [0.29, 0.717) is 4.73 Å². The summed E-state index contributed by atoms with van der Waals surface area (Å²) in [5.41, 5.74) is 0. The van der Waals surface area contributed by atoms with Gasteiger partial charge < -0.3 is 0 Å². The summed E-state index contributed by atoms with van der Waals surface area (Å²) >= 11 is 0.267. The summed E-state index contributed by atoms with van der Waals surface area (Å²) in [5.74, 6) is 1.76. The van der Waals surface area contributed by atoms with Crippen LogP contribution >= 0.6 is 0 Å². The molecule has 1 aliphatic rings. The Hall–Kier alpha value is -0.471. The van der Waals surface area contributed by atoms with Crippen LogP contribution in [-0.4, -0.2) is 31.8 Å². The minimum absolute atomic E-state index is 0.219. The van der Waals surface area contributed by atoms with Crippen LogP contribution in [0.15, 0.2) is 9.98 Å². The van der Waals surface area contributed by atoms with Crippen molar-refractivity contribution >= 4 is 31.8 Å². The minimum atomic E-state index is -0.219. The second-order valence-corrected chi connectivity index (χ2v) is 2.82. The van der Waals surface area contributed by atoms with Crippen molar-refractivity contribution in [2.75, 3.05) is 0 Å². The Kier molecular flexibility index (Phi) is 1.56. The quantitative estimate of drug-likeness (QED) is 0.504. The average molecular weight is 175 g/mol. The fourth-order valence-electron chi connectivity index (χ4n) is 0.361. The van der Waals surface area contributed by atoms with E-state index >= 15 is 0 Å². The van der Waals surface area contributed by atoms with Gasteiger partial charge in [0.15, 0.2) is 0 Å². The predicted octanol–water partition coefficient (Wildman–Crippen LogP) is -0.294. The first-order chi connectivity index (χ1) is 3.83. The predicted molar refractivity (Wildman–Crippen MR) is 32.6 cm³/mol. The van der Waals surface area contributed by atoms with Gasteiger partial charge in [0.25, 0.3) is 0 Å². The van der Waals surface area contributed by atoms with Gasteiger partial charge in [-0.15, -0.1) is 0 Å². The number of amidine groups is 1. The molecule has 0 spiro atoms. The van der Waals surface area contributed by atoms with Crippen LogP contribution < -0.4 is 0 Å². The summed E-state index contributed by atoms with van der Waals surface area (Å²) in [6.45, 7) is 0. The molecule has 0 aromatic carbocycles. The topological polar surface area (TPSA) is 41.8 Å². The van der Waals surface area contributed by atoms with Gasteiger partial charge >= 0.3 is 52.4 Å². The molecule has 1 heterocycles. The Morgan fingerprint density at radius 3 is 2.75 bits per heavy atom. The Labute approximate surface area is 53.1 Å². The van der Waals surface area contributed by atoms with Gasteiger partial charge in [0, 0.05) is 0 Å². The zero-order valence-corrected chi connectivity index (χ0v) is 6.00. The SMILES string of the molecule is C[Se]C1=NC(=O)C=N1. The molecular weight excluding hydrogens is 171 g/mol. The Morgan fingerprint density at radius 1 is 1.75 bits per heavy atom. The molecular formula is C4H4N2OSe. The van der Waals surface area contributed by atoms with Crippen LogP contribution in [0.1, 0.15) is 0 Å². The second kappa shape index (κ2) is 2.20. The second-order valence-electron chi connectivity index (χ2n) is 1.19. The Morgan fingerprint density at radius 2 is 2.50 bits per heavy atom. The first-order valence-corrected chi connectivity index (χ1v) is 4.60. The molecule has 0 N–H and O–H groups in total. The molecule has 0 unspecified atom stereocenters. The molecule has 0 saturated carbocycles. The van der Waals surface area contributed by atoms with E-state index in [-0.39, 0.29) is 20.9 Å². The van der Waals surface area contributed by atoms with Crippen molar-refractivity contribution in [2.45, 2.75) is 5.82 Å². The van der Waals surface area contributed by atoms with Gasteiger partial charge in [0.1, 0.15) is 0 Å². The van der Waals surface area contributed by atoms with Gasteiger partial charge in [0.05, 0.1) is 0 Å². The zero-order valence-electron chi connectivity index (χ0n) is 4.29. The van der Waals surface area contributed by atoms with Gasteiger partial charge in [-0.3, -0.25) is 0 Å². The van der Waals surface area contributed by atoms with E-state index in [0.717, 1.165) is 0 Å². The molecule has 42 valence electrons.